The highest BCUT2D eigenvalue weighted by Crippen LogP contribution is 2.22. The van der Waals surface area contributed by atoms with Crippen LogP contribution in [0.4, 0.5) is 0 Å². The molecule has 82 valence electrons. The van der Waals surface area contributed by atoms with Gasteiger partial charge in [0.1, 0.15) is 5.75 Å². The second-order valence-electron chi connectivity index (χ2n) is 4.32. The zero-order chi connectivity index (χ0) is 11.5. The lowest BCUT2D eigenvalue weighted by Gasteiger charge is -2.22. The molecule has 1 rings (SSSR count). The molecule has 0 aliphatic carbocycles. The number of hydrogen-bond donors (Lipinski definition) is 2. The fourth-order valence-corrected chi connectivity index (χ4v) is 1.35. The van der Waals surface area contributed by atoms with Gasteiger partial charge in [0.05, 0.1) is 12.9 Å². The van der Waals surface area contributed by atoms with Gasteiger partial charge in [0, 0.05) is 5.41 Å². The SMILES string of the molecule is COc1ccc(CC(C)(C)C(=N)N)cc1. The van der Waals surface area contributed by atoms with Gasteiger partial charge < -0.3 is 10.5 Å². The Labute approximate surface area is 90.8 Å². The summed E-state index contributed by atoms with van der Waals surface area (Å²) in [4.78, 5) is 0. The highest BCUT2D eigenvalue weighted by atomic mass is 16.5. The lowest BCUT2D eigenvalue weighted by molar-refractivity contribution is 0.414. The summed E-state index contributed by atoms with van der Waals surface area (Å²) in [7, 11) is 1.65. The fraction of sp³-hybridized carbons (Fsp3) is 0.417. The molecule has 0 heterocycles. The van der Waals surface area contributed by atoms with Crippen LogP contribution in [0, 0.1) is 10.8 Å². The minimum atomic E-state index is -0.283. The predicted molar refractivity (Wildman–Crippen MR) is 62.4 cm³/mol. The highest BCUT2D eigenvalue weighted by molar-refractivity contribution is 5.83. The maximum atomic E-state index is 7.48. The van der Waals surface area contributed by atoms with E-state index >= 15 is 0 Å². The Kier molecular flexibility index (Phi) is 3.35. The molecular weight excluding hydrogens is 188 g/mol. The van der Waals surface area contributed by atoms with Crippen LogP contribution in [-0.2, 0) is 6.42 Å². The molecular formula is C12H18N2O. The van der Waals surface area contributed by atoms with E-state index < -0.39 is 0 Å². The van der Waals surface area contributed by atoms with Gasteiger partial charge in [-0.3, -0.25) is 5.41 Å². The van der Waals surface area contributed by atoms with E-state index in [1.165, 1.54) is 0 Å². The normalized spacial score (nSPS) is 11.1. The van der Waals surface area contributed by atoms with Crippen molar-refractivity contribution in [1.29, 1.82) is 5.41 Å². The monoisotopic (exact) mass is 206 g/mol. The molecule has 1 aromatic rings. The van der Waals surface area contributed by atoms with E-state index in [1.807, 2.05) is 38.1 Å². The summed E-state index contributed by atoms with van der Waals surface area (Å²) in [6.45, 7) is 3.94. The maximum Gasteiger partial charge on any atom is 0.118 e. The lowest BCUT2D eigenvalue weighted by atomic mass is 9.85. The maximum absolute atomic E-state index is 7.48. The Hall–Kier alpha value is -1.51. The third-order valence-electron chi connectivity index (χ3n) is 2.53. The summed E-state index contributed by atoms with van der Waals surface area (Å²) < 4.78 is 5.08. The van der Waals surface area contributed by atoms with Crippen molar-refractivity contribution in [2.45, 2.75) is 20.3 Å². The molecule has 3 heteroatoms. The molecule has 0 aliphatic rings. The minimum Gasteiger partial charge on any atom is -0.497 e. The first-order chi connectivity index (χ1) is 6.95. The van der Waals surface area contributed by atoms with Crippen LogP contribution >= 0.6 is 0 Å². The summed E-state index contributed by atoms with van der Waals surface area (Å²) in [6.07, 6.45) is 0.770. The minimum absolute atomic E-state index is 0.221. The average molecular weight is 206 g/mol. The van der Waals surface area contributed by atoms with E-state index in [1.54, 1.807) is 7.11 Å². The largest absolute Gasteiger partial charge is 0.497 e. The van der Waals surface area contributed by atoms with E-state index in [4.69, 9.17) is 15.9 Å². The van der Waals surface area contributed by atoms with Gasteiger partial charge in [0.15, 0.2) is 0 Å². The van der Waals surface area contributed by atoms with Gasteiger partial charge in [-0.1, -0.05) is 26.0 Å². The summed E-state index contributed by atoms with van der Waals surface area (Å²) in [5, 5.41) is 7.48. The number of nitrogens with one attached hydrogen (secondary N) is 1. The number of rotatable bonds is 4. The second-order valence-corrected chi connectivity index (χ2v) is 4.32. The van der Waals surface area contributed by atoms with E-state index in [0.29, 0.717) is 0 Å². The first-order valence-electron chi connectivity index (χ1n) is 4.93. The molecule has 15 heavy (non-hydrogen) atoms. The van der Waals surface area contributed by atoms with Crippen LogP contribution in [0.1, 0.15) is 19.4 Å². The first kappa shape index (κ1) is 11.6. The molecule has 1 aromatic carbocycles. The van der Waals surface area contributed by atoms with Crippen molar-refractivity contribution in [3.05, 3.63) is 29.8 Å². The van der Waals surface area contributed by atoms with E-state index in [-0.39, 0.29) is 11.3 Å². The van der Waals surface area contributed by atoms with E-state index in [9.17, 15) is 0 Å². The zero-order valence-electron chi connectivity index (χ0n) is 9.50. The van der Waals surface area contributed by atoms with Crippen LogP contribution in [-0.4, -0.2) is 12.9 Å². The molecule has 3 nitrogen and oxygen atoms in total. The number of nitrogens with two attached hydrogens (primary N) is 1. The van der Waals surface area contributed by atoms with Crippen molar-refractivity contribution < 1.29 is 4.74 Å². The van der Waals surface area contributed by atoms with Gasteiger partial charge in [0.25, 0.3) is 0 Å². The van der Waals surface area contributed by atoms with Crippen LogP contribution in [0.5, 0.6) is 5.75 Å². The molecule has 0 bridgehead atoms. The molecule has 0 atom stereocenters. The molecule has 0 unspecified atom stereocenters. The first-order valence-corrected chi connectivity index (χ1v) is 4.93. The molecule has 0 amide bonds. The number of ether oxygens (including phenoxy) is 1. The van der Waals surface area contributed by atoms with Gasteiger partial charge in [-0.2, -0.15) is 0 Å². The van der Waals surface area contributed by atoms with Gasteiger partial charge in [-0.15, -0.1) is 0 Å². The summed E-state index contributed by atoms with van der Waals surface area (Å²) in [5.74, 6) is 1.07. The Morgan fingerprint density at radius 3 is 2.27 bits per heavy atom. The molecule has 0 aromatic heterocycles. The standard InChI is InChI=1S/C12H18N2O/c1-12(2,11(13)14)8-9-4-6-10(15-3)7-5-9/h4-7H,8H2,1-3H3,(H3,13,14). The van der Waals surface area contributed by atoms with Gasteiger partial charge in [-0.25, -0.2) is 0 Å². The molecule has 0 radical (unpaired) electrons. The second kappa shape index (κ2) is 4.34. The Balaban J connectivity index is 2.77. The highest BCUT2D eigenvalue weighted by Gasteiger charge is 2.21. The molecule has 0 saturated carbocycles. The third kappa shape index (κ3) is 2.98. The molecule has 0 aliphatic heterocycles. The van der Waals surface area contributed by atoms with Crippen LogP contribution in [0.2, 0.25) is 0 Å². The van der Waals surface area contributed by atoms with Crippen molar-refractivity contribution in [3.8, 4) is 5.75 Å². The number of methoxy groups -OCH3 is 1. The van der Waals surface area contributed by atoms with Crippen molar-refractivity contribution >= 4 is 5.84 Å². The quantitative estimate of drug-likeness (QED) is 0.586. The summed E-state index contributed by atoms with van der Waals surface area (Å²) in [5.41, 5.74) is 6.41. The Morgan fingerprint density at radius 1 is 1.33 bits per heavy atom. The van der Waals surface area contributed by atoms with Gasteiger partial charge in [0.2, 0.25) is 0 Å². The summed E-state index contributed by atoms with van der Waals surface area (Å²) >= 11 is 0. The molecule has 0 fully saturated rings. The summed E-state index contributed by atoms with van der Waals surface area (Å²) in [6, 6.07) is 7.85. The van der Waals surface area contributed by atoms with Crippen LogP contribution in [0.3, 0.4) is 0 Å². The smallest absolute Gasteiger partial charge is 0.118 e. The van der Waals surface area contributed by atoms with Crippen LogP contribution < -0.4 is 10.5 Å². The Morgan fingerprint density at radius 2 is 1.87 bits per heavy atom. The number of benzene rings is 1. The van der Waals surface area contributed by atoms with Crippen LogP contribution in [0.15, 0.2) is 24.3 Å². The van der Waals surface area contributed by atoms with Crippen molar-refractivity contribution in [2.75, 3.05) is 7.11 Å². The van der Waals surface area contributed by atoms with E-state index in [2.05, 4.69) is 0 Å². The number of amidine groups is 1. The molecule has 0 spiro atoms. The van der Waals surface area contributed by atoms with Crippen molar-refractivity contribution in [3.63, 3.8) is 0 Å². The topological polar surface area (TPSA) is 59.1 Å². The lowest BCUT2D eigenvalue weighted by Crippen LogP contribution is -2.32. The Bertz CT molecular complexity index is 341. The third-order valence-corrected chi connectivity index (χ3v) is 2.53. The van der Waals surface area contributed by atoms with Gasteiger partial charge in [-0.05, 0) is 24.1 Å². The molecule has 3 N–H and O–H groups in total. The number of hydrogen-bond acceptors (Lipinski definition) is 2. The average Bonchev–Trinajstić information content (AvgIpc) is 2.18. The van der Waals surface area contributed by atoms with Crippen LogP contribution in [0.25, 0.3) is 0 Å². The fourth-order valence-electron chi connectivity index (χ4n) is 1.35. The van der Waals surface area contributed by atoms with Crippen molar-refractivity contribution in [1.82, 2.24) is 0 Å². The molecule has 0 saturated heterocycles. The van der Waals surface area contributed by atoms with Crippen molar-refractivity contribution in [2.24, 2.45) is 11.1 Å². The predicted octanol–water partition coefficient (Wildman–Crippen LogP) is 2.20. The van der Waals surface area contributed by atoms with Gasteiger partial charge >= 0.3 is 0 Å². The van der Waals surface area contributed by atoms with E-state index in [0.717, 1.165) is 17.7 Å². The zero-order valence-corrected chi connectivity index (χ0v) is 9.50.